The van der Waals surface area contributed by atoms with Crippen molar-refractivity contribution in [3.63, 3.8) is 0 Å². The molecule has 0 spiro atoms. The Labute approximate surface area is 114 Å². The van der Waals surface area contributed by atoms with E-state index in [2.05, 4.69) is 4.90 Å². The first-order chi connectivity index (χ1) is 8.97. The molecule has 1 aromatic rings. The largest absolute Gasteiger partial charge is 0.488 e. The van der Waals surface area contributed by atoms with Crippen LogP contribution < -0.4 is 15.4 Å². The van der Waals surface area contributed by atoms with E-state index in [0.717, 1.165) is 18.2 Å². The van der Waals surface area contributed by atoms with Crippen LogP contribution in [0.1, 0.15) is 33.1 Å². The number of ether oxygens (including phenoxy) is 1. The van der Waals surface area contributed by atoms with Gasteiger partial charge < -0.3 is 15.4 Å². The van der Waals surface area contributed by atoms with E-state index in [1.165, 1.54) is 25.3 Å². The van der Waals surface area contributed by atoms with Gasteiger partial charge in [0.15, 0.2) is 11.6 Å². The molecule has 0 atom stereocenters. The molecule has 19 heavy (non-hydrogen) atoms. The summed E-state index contributed by atoms with van der Waals surface area (Å²) in [4.78, 5) is 2.10. The van der Waals surface area contributed by atoms with E-state index in [1.54, 1.807) is 6.07 Å². The molecule has 0 heterocycles. The average molecular weight is 266 g/mol. The Hall–Kier alpha value is -1.45. The SMILES string of the molecule is CC(C)Oc1cc(N(C)CC2CCC2)c(N)cc1F. The van der Waals surface area contributed by atoms with Gasteiger partial charge in [-0.15, -0.1) is 0 Å². The van der Waals surface area contributed by atoms with Crippen molar-refractivity contribution < 1.29 is 9.13 Å². The molecule has 0 radical (unpaired) electrons. The topological polar surface area (TPSA) is 38.5 Å². The number of halogens is 1. The summed E-state index contributed by atoms with van der Waals surface area (Å²) in [5.74, 6) is 0.621. The van der Waals surface area contributed by atoms with Crippen molar-refractivity contribution in [1.82, 2.24) is 0 Å². The lowest BCUT2D eigenvalue weighted by Gasteiger charge is -2.32. The van der Waals surface area contributed by atoms with E-state index in [-0.39, 0.29) is 11.9 Å². The highest BCUT2D eigenvalue weighted by Gasteiger charge is 2.21. The van der Waals surface area contributed by atoms with Gasteiger partial charge >= 0.3 is 0 Å². The zero-order valence-electron chi connectivity index (χ0n) is 11.9. The minimum atomic E-state index is -0.396. The predicted octanol–water partition coefficient (Wildman–Crippen LogP) is 3.43. The highest BCUT2D eigenvalue weighted by molar-refractivity contribution is 5.69. The van der Waals surface area contributed by atoms with E-state index >= 15 is 0 Å². The molecule has 0 aliphatic heterocycles. The van der Waals surface area contributed by atoms with Gasteiger partial charge in [0.25, 0.3) is 0 Å². The smallest absolute Gasteiger partial charge is 0.167 e. The van der Waals surface area contributed by atoms with Crippen molar-refractivity contribution >= 4 is 11.4 Å². The highest BCUT2D eigenvalue weighted by Crippen LogP contribution is 2.34. The van der Waals surface area contributed by atoms with Crippen molar-refractivity contribution in [2.45, 2.75) is 39.2 Å². The van der Waals surface area contributed by atoms with Crippen LogP contribution in [0.25, 0.3) is 0 Å². The first-order valence-corrected chi connectivity index (χ1v) is 6.94. The molecule has 1 aliphatic rings. The van der Waals surface area contributed by atoms with E-state index in [0.29, 0.717) is 5.69 Å². The Morgan fingerprint density at radius 2 is 2.11 bits per heavy atom. The summed E-state index contributed by atoms with van der Waals surface area (Å²) in [5, 5.41) is 0. The van der Waals surface area contributed by atoms with Crippen LogP contribution in [-0.4, -0.2) is 19.7 Å². The first-order valence-electron chi connectivity index (χ1n) is 6.94. The van der Waals surface area contributed by atoms with Crippen LogP contribution in [0.2, 0.25) is 0 Å². The molecule has 0 bridgehead atoms. The fourth-order valence-corrected chi connectivity index (χ4v) is 2.39. The van der Waals surface area contributed by atoms with Gasteiger partial charge in [0.1, 0.15) is 0 Å². The normalized spacial score (nSPS) is 15.4. The predicted molar refractivity (Wildman–Crippen MR) is 77.2 cm³/mol. The first kappa shape index (κ1) is 14.0. The van der Waals surface area contributed by atoms with Crippen LogP contribution >= 0.6 is 0 Å². The van der Waals surface area contributed by atoms with Gasteiger partial charge in [0, 0.05) is 25.7 Å². The van der Waals surface area contributed by atoms with Crippen molar-refractivity contribution in [1.29, 1.82) is 0 Å². The molecular formula is C15H23FN2O. The lowest BCUT2D eigenvalue weighted by atomic mass is 9.85. The zero-order valence-corrected chi connectivity index (χ0v) is 11.9. The summed E-state index contributed by atoms with van der Waals surface area (Å²) in [6.07, 6.45) is 3.82. The average Bonchev–Trinajstić information content (AvgIpc) is 2.26. The van der Waals surface area contributed by atoms with Gasteiger partial charge in [0.2, 0.25) is 0 Å². The van der Waals surface area contributed by atoms with Gasteiger partial charge in [-0.2, -0.15) is 0 Å². The summed E-state index contributed by atoms with van der Waals surface area (Å²) in [6.45, 7) is 4.73. The van der Waals surface area contributed by atoms with E-state index in [4.69, 9.17) is 10.5 Å². The van der Waals surface area contributed by atoms with Crippen molar-refractivity contribution in [2.75, 3.05) is 24.2 Å². The molecule has 1 fully saturated rings. The second-order valence-electron chi connectivity index (χ2n) is 5.69. The minimum absolute atomic E-state index is 0.0529. The quantitative estimate of drug-likeness (QED) is 0.830. The van der Waals surface area contributed by atoms with Gasteiger partial charge in [-0.1, -0.05) is 6.42 Å². The fourth-order valence-electron chi connectivity index (χ4n) is 2.39. The third-order valence-corrected chi connectivity index (χ3v) is 3.61. The Kier molecular flexibility index (Phi) is 4.17. The van der Waals surface area contributed by atoms with Crippen LogP contribution in [0.15, 0.2) is 12.1 Å². The van der Waals surface area contributed by atoms with Crippen LogP contribution in [-0.2, 0) is 0 Å². The molecule has 2 rings (SSSR count). The molecule has 2 N–H and O–H groups in total. The molecule has 1 aromatic carbocycles. The maximum absolute atomic E-state index is 13.8. The number of rotatable bonds is 5. The molecule has 1 saturated carbocycles. The second kappa shape index (κ2) is 5.68. The molecule has 0 amide bonds. The molecule has 4 heteroatoms. The number of nitrogens with two attached hydrogens (primary N) is 1. The van der Waals surface area contributed by atoms with Gasteiger partial charge in [-0.25, -0.2) is 4.39 Å². The van der Waals surface area contributed by atoms with Crippen LogP contribution in [0.3, 0.4) is 0 Å². The van der Waals surface area contributed by atoms with Crippen molar-refractivity contribution in [3.05, 3.63) is 17.9 Å². The van der Waals surface area contributed by atoms with Crippen molar-refractivity contribution in [2.24, 2.45) is 5.92 Å². The minimum Gasteiger partial charge on any atom is -0.488 e. The molecular weight excluding hydrogens is 243 g/mol. The summed E-state index contributed by atoms with van der Waals surface area (Å²) in [5.41, 5.74) is 7.24. The second-order valence-corrected chi connectivity index (χ2v) is 5.69. The summed E-state index contributed by atoms with van der Waals surface area (Å²) < 4.78 is 19.2. The van der Waals surface area contributed by atoms with Crippen LogP contribution in [0, 0.1) is 11.7 Å². The van der Waals surface area contributed by atoms with Gasteiger partial charge in [-0.05, 0) is 32.6 Å². The number of benzene rings is 1. The molecule has 0 aromatic heterocycles. The Balaban J connectivity index is 2.17. The monoisotopic (exact) mass is 266 g/mol. The summed E-state index contributed by atoms with van der Waals surface area (Å²) in [7, 11) is 2.00. The maximum Gasteiger partial charge on any atom is 0.167 e. The van der Waals surface area contributed by atoms with Gasteiger partial charge in [0.05, 0.1) is 17.5 Å². The zero-order chi connectivity index (χ0) is 14.0. The molecule has 106 valence electrons. The van der Waals surface area contributed by atoms with E-state index in [9.17, 15) is 4.39 Å². The highest BCUT2D eigenvalue weighted by atomic mass is 19.1. The summed E-state index contributed by atoms with van der Waals surface area (Å²) >= 11 is 0. The number of anilines is 2. The van der Waals surface area contributed by atoms with E-state index < -0.39 is 5.82 Å². The number of hydrogen-bond donors (Lipinski definition) is 1. The molecule has 0 saturated heterocycles. The fraction of sp³-hybridized carbons (Fsp3) is 0.600. The van der Waals surface area contributed by atoms with Crippen LogP contribution in [0.4, 0.5) is 15.8 Å². The Bertz CT molecular complexity index is 444. The molecule has 0 unspecified atom stereocenters. The number of hydrogen-bond acceptors (Lipinski definition) is 3. The number of nitrogens with zero attached hydrogens (tertiary/aromatic N) is 1. The molecule has 3 nitrogen and oxygen atoms in total. The van der Waals surface area contributed by atoms with Crippen molar-refractivity contribution in [3.8, 4) is 5.75 Å². The standard InChI is InChI=1S/C15H23FN2O/c1-10(2)19-15-8-14(13(17)7-12(15)16)18(3)9-11-5-4-6-11/h7-8,10-11H,4-6,9,17H2,1-3H3. The lowest BCUT2D eigenvalue weighted by Crippen LogP contribution is -2.29. The number of nitrogen functional groups attached to an aromatic ring is 1. The Morgan fingerprint density at radius 3 is 2.63 bits per heavy atom. The molecule has 1 aliphatic carbocycles. The Morgan fingerprint density at radius 1 is 1.42 bits per heavy atom. The summed E-state index contributed by atoms with van der Waals surface area (Å²) in [6, 6.07) is 3.06. The lowest BCUT2D eigenvalue weighted by molar-refractivity contribution is 0.231. The van der Waals surface area contributed by atoms with Gasteiger partial charge in [-0.3, -0.25) is 0 Å². The van der Waals surface area contributed by atoms with Crippen LogP contribution in [0.5, 0.6) is 5.75 Å². The maximum atomic E-state index is 13.8. The third kappa shape index (κ3) is 3.31. The third-order valence-electron chi connectivity index (χ3n) is 3.61. The van der Waals surface area contributed by atoms with E-state index in [1.807, 2.05) is 20.9 Å².